The largest absolute Gasteiger partial charge is 0.493 e. The molecule has 3 aromatic rings. The molecule has 6 heteroatoms. The van der Waals surface area contributed by atoms with Crippen LogP contribution in [0.2, 0.25) is 0 Å². The molecule has 0 saturated carbocycles. The zero-order chi connectivity index (χ0) is 20.5. The van der Waals surface area contributed by atoms with E-state index in [2.05, 4.69) is 69.0 Å². The van der Waals surface area contributed by atoms with Crippen molar-refractivity contribution in [1.82, 2.24) is 8.01 Å². The minimum Gasteiger partial charge on any atom is -0.493 e. The molecule has 154 valence electrons. The van der Waals surface area contributed by atoms with Gasteiger partial charge in [-0.3, -0.25) is 4.90 Å². The van der Waals surface area contributed by atoms with Gasteiger partial charge in [-0.25, -0.2) is 3.11 Å². The van der Waals surface area contributed by atoms with E-state index in [1.54, 1.807) is 7.11 Å². The van der Waals surface area contributed by atoms with Crippen molar-refractivity contribution in [2.45, 2.75) is 32.4 Å². The van der Waals surface area contributed by atoms with Gasteiger partial charge in [0.05, 0.1) is 13.2 Å². The molecular weight excluding hydrogens is 482 g/mol. The summed E-state index contributed by atoms with van der Waals surface area (Å²) in [6.07, 6.45) is 0. The van der Waals surface area contributed by atoms with E-state index in [9.17, 15) is 4.39 Å². The summed E-state index contributed by atoms with van der Waals surface area (Å²) in [6, 6.07) is 13.9. The summed E-state index contributed by atoms with van der Waals surface area (Å²) in [7, 11) is 1.57. The van der Waals surface area contributed by atoms with Crippen LogP contribution in [0.1, 0.15) is 42.5 Å². The Kier molecular flexibility index (Phi) is 6.13. The fraction of sp³-hybridized carbons (Fsp3) is 0.391. The molecule has 0 radical (unpaired) electrons. The Balaban J connectivity index is 1.61. The van der Waals surface area contributed by atoms with E-state index < -0.39 is 6.01 Å². The SMILES string of the molecule is COc1ccc(CN2CCN(I)C(c3ccccc3C(C)C)C2)c2cc(F)oc12. The second kappa shape index (κ2) is 8.62. The number of ether oxygens (including phenoxy) is 1. The van der Waals surface area contributed by atoms with Gasteiger partial charge in [0.2, 0.25) is 0 Å². The van der Waals surface area contributed by atoms with Gasteiger partial charge >= 0.3 is 0 Å². The number of piperazine rings is 1. The van der Waals surface area contributed by atoms with E-state index in [0.29, 0.717) is 23.3 Å². The molecule has 1 saturated heterocycles. The first-order chi connectivity index (χ1) is 14.0. The highest BCUT2D eigenvalue weighted by Gasteiger charge is 2.29. The van der Waals surface area contributed by atoms with Crippen molar-refractivity contribution in [3.05, 3.63) is 65.2 Å². The monoisotopic (exact) mass is 508 g/mol. The van der Waals surface area contributed by atoms with E-state index in [1.165, 1.54) is 17.2 Å². The fourth-order valence-electron chi connectivity index (χ4n) is 4.21. The molecule has 1 aliphatic heterocycles. The Morgan fingerprint density at radius 2 is 2.00 bits per heavy atom. The third kappa shape index (κ3) is 4.15. The van der Waals surface area contributed by atoms with Gasteiger partial charge in [0.15, 0.2) is 11.3 Å². The zero-order valence-electron chi connectivity index (χ0n) is 17.0. The van der Waals surface area contributed by atoms with Crippen LogP contribution in [0.5, 0.6) is 5.75 Å². The second-order valence-corrected chi connectivity index (χ2v) is 9.12. The average Bonchev–Trinajstić information content (AvgIpc) is 3.11. The van der Waals surface area contributed by atoms with Gasteiger partial charge < -0.3 is 9.15 Å². The molecule has 4 nitrogen and oxygen atoms in total. The summed E-state index contributed by atoms with van der Waals surface area (Å²) >= 11 is 2.46. The van der Waals surface area contributed by atoms with E-state index >= 15 is 0 Å². The second-order valence-electron chi connectivity index (χ2n) is 7.88. The molecule has 1 unspecified atom stereocenters. The predicted octanol–water partition coefficient (Wildman–Crippen LogP) is 5.91. The number of methoxy groups -OCH3 is 1. The first kappa shape index (κ1) is 20.6. The highest BCUT2D eigenvalue weighted by Crippen LogP contribution is 2.35. The lowest BCUT2D eigenvalue weighted by Gasteiger charge is -2.39. The van der Waals surface area contributed by atoms with Gasteiger partial charge in [0, 0.05) is 60.5 Å². The Morgan fingerprint density at radius 1 is 1.21 bits per heavy atom. The van der Waals surface area contributed by atoms with Gasteiger partial charge in [-0.15, -0.1) is 0 Å². The molecule has 0 bridgehead atoms. The van der Waals surface area contributed by atoms with Crippen LogP contribution >= 0.6 is 22.9 Å². The lowest BCUT2D eigenvalue weighted by molar-refractivity contribution is 0.148. The molecule has 1 aliphatic rings. The van der Waals surface area contributed by atoms with E-state index in [-0.39, 0.29) is 0 Å². The summed E-state index contributed by atoms with van der Waals surface area (Å²) in [6.45, 7) is 8.13. The van der Waals surface area contributed by atoms with Gasteiger partial charge in [0.1, 0.15) is 0 Å². The summed E-state index contributed by atoms with van der Waals surface area (Å²) in [5.74, 6) is 1.05. The number of nitrogens with zero attached hydrogens (tertiary/aromatic N) is 2. The predicted molar refractivity (Wildman–Crippen MR) is 122 cm³/mol. The Hall–Kier alpha value is -1.64. The van der Waals surface area contributed by atoms with Crippen LogP contribution in [0, 0.1) is 6.01 Å². The number of hydrogen-bond donors (Lipinski definition) is 0. The Morgan fingerprint density at radius 3 is 2.76 bits per heavy atom. The molecule has 4 rings (SSSR count). The zero-order valence-corrected chi connectivity index (χ0v) is 19.1. The van der Waals surface area contributed by atoms with Crippen LogP contribution in [0.15, 0.2) is 46.9 Å². The van der Waals surface area contributed by atoms with E-state index in [4.69, 9.17) is 9.15 Å². The number of halogens is 2. The van der Waals surface area contributed by atoms with E-state index in [0.717, 1.165) is 37.1 Å². The van der Waals surface area contributed by atoms with Crippen molar-refractivity contribution in [3.8, 4) is 5.75 Å². The lowest BCUT2D eigenvalue weighted by atomic mass is 9.91. The summed E-state index contributed by atoms with van der Waals surface area (Å²) in [4.78, 5) is 2.45. The maximum absolute atomic E-state index is 13.8. The maximum atomic E-state index is 13.8. The molecule has 0 aliphatic carbocycles. The third-order valence-electron chi connectivity index (χ3n) is 5.70. The number of furan rings is 1. The first-order valence-corrected chi connectivity index (χ1v) is 10.9. The van der Waals surface area contributed by atoms with Gasteiger partial charge in [-0.1, -0.05) is 44.2 Å². The van der Waals surface area contributed by atoms with Gasteiger partial charge in [0.25, 0.3) is 6.01 Å². The fourth-order valence-corrected chi connectivity index (χ4v) is 4.91. The maximum Gasteiger partial charge on any atom is 0.279 e. The first-order valence-electron chi connectivity index (χ1n) is 9.96. The van der Waals surface area contributed by atoms with Crippen molar-refractivity contribution in [2.75, 3.05) is 26.7 Å². The molecule has 2 aromatic carbocycles. The highest BCUT2D eigenvalue weighted by molar-refractivity contribution is 14.1. The van der Waals surface area contributed by atoms with Gasteiger partial charge in [-0.05, 0) is 28.7 Å². The molecule has 2 heterocycles. The van der Waals surface area contributed by atoms with Gasteiger partial charge in [-0.2, -0.15) is 4.39 Å². The van der Waals surface area contributed by atoms with Crippen LogP contribution in [-0.2, 0) is 6.54 Å². The minimum atomic E-state index is -0.577. The Labute approximate surface area is 185 Å². The lowest BCUT2D eigenvalue weighted by Crippen LogP contribution is -2.44. The van der Waals surface area contributed by atoms with Crippen molar-refractivity contribution in [3.63, 3.8) is 0 Å². The standard InChI is InChI=1S/C23H26FIN2O2/c1-15(2)17-6-4-5-7-18(17)20-14-26(10-11-27(20)25)13-16-8-9-21(28-3)23-19(16)12-22(24)29-23/h4-9,12,15,20H,10-11,13-14H2,1-3H3. The normalized spacial score (nSPS) is 18.6. The van der Waals surface area contributed by atoms with Crippen molar-refractivity contribution >= 4 is 33.8 Å². The number of hydrogen-bond acceptors (Lipinski definition) is 4. The number of rotatable bonds is 5. The molecule has 1 fully saturated rings. The summed E-state index contributed by atoms with van der Waals surface area (Å²) in [5, 5.41) is 0.790. The third-order valence-corrected chi connectivity index (χ3v) is 6.85. The van der Waals surface area contributed by atoms with Crippen LogP contribution in [-0.4, -0.2) is 34.8 Å². The van der Waals surface area contributed by atoms with Crippen molar-refractivity contribution in [2.24, 2.45) is 0 Å². The summed E-state index contributed by atoms with van der Waals surface area (Å²) < 4.78 is 26.8. The van der Waals surface area contributed by atoms with Crippen LogP contribution in [0.3, 0.4) is 0 Å². The molecule has 1 aromatic heterocycles. The number of benzene rings is 2. The van der Waals surface area contributed by atoms with Crippen LogP contribution in [0.4, 0.5) is 4.39 Å². The molecule has 1 atom stereocenters. The minimum absolute atomic E-state index is 0.331. The molecule has 0 spiro atoms. The molecule has 0 amide bonds. The molecule has 0 N–H and O–H groups in total. The molecular formula is C23H26FIN2O2. The average molecular weight is 508 g/mol. The smallest absolute Gasteiger partial charge is 0.279 e. The van der Waals surface area contributed by atoms with E-state index in [1.807, 2.05) is 12.1 Å². The van der Waals surface area contributed by atoms with Crippen LogP contribution < -0.4 is 4.74 Å². The topological polar surface area (TPSA) is 28.9 Å². The quantitative estimate of drug-likeness (QED) is 0.317. The number of fused-ring (bicyclic) bond motifs is 1. The highest BCUT2D eigenvalue weighted by atomic mass is 127. The van der Waals surface area contributed by atoms with Crippen LogP contribution in [0.25, 0.3) is 11.0 Å². The van der Waals surface area contributed by atoms with Crippen molar-refractivity contribution < 1.29 is 13.5 Å². The van der Waals surface area contributed by atoms with Crippen molar-refractivity contribution in [1.29, 1.82) is 0 Å². The summed E-state index contributed by atoms with van der Waals surface area (Å²) in [5.41, 5.74) is 4.35. The Bertz CT molecular complexity index is 1000. The molecule has 29 heavy (non-hydrogen) atoms.